The van der Waals surface area contributed by atoms with Crippen molar-refractivity contribution in [2.24, 2.45) is 0 Å². The number of aromatic nitrogens is 4. The summed E-state index contributed by atoms with van der Waals surface area (Å²) in [4.78, 5) is 10.8. The van der Waals surface area contributed by atoms with Gasteiger partial charge in [0.1, 0.15) is 16.9 Å². The highest BCUT2D eigenvalue weighted by molar-refractivity contribution is 6.16. The van der Waals surface area contributed by atoms with Crippen LogP contribution in [-0.2, 0) is 0 Å². The van der Waals surface area contributed by atoms with Crippen LogP contribution in [0.4, 0.5) is 0 Å². The van der Waals surface area contributed by atoms with E-state index in [9.17, 15) is 0 Å². The van der Waals surface area contributed by atoms with Gasteiger partial charge in [-0.15, -0.1) is 0 Å². The molecule has 4 heterocycles. The molecular weight excluding hydrogens is 649 g/mol. The molecule has 53 heavy (non-hydrogen) atoms. The minimum Gasteiger partial charge on any atom is -0.456 e. The van der Waals surface area contributed by atoms with Crippen molar-refractivity contribution in [3.63, 3.8) is 0 Å². The van der Waals surface area contributed by atoms with Crippen molar-refractivity contribution in [3.8, 4) is 22.8 Å². The Bertz CT molecular complexity index is 3420. The highest BCUT2D eigenvalue weighted by Crippen LogP contribution is 2.41. The molecule has 12 rings (SSSR count). The van der Waals surface area contributed by atoms with Crippen molar-refractivity contribution in [1.82, 2.24) is 19.1 Å². The van der Waals surface area contributed by atoms with Gasteiger partial charge in [0.05, 0.1) is 38.8 Å². The first-order valence-corrected chi connectivity index (χ1v) is 17.9. The zero-order valence-corrected chi connectivity index (χ0v) is 28.4. The number of nitrogens with zero attached hydrogens (tertiary/aromatic N) is 4. The predicted molar refractivity (Wildman–Crippen MR) is 218 cm³/mol. The lowest BCUT2D eigenvalue weighted by Crippen LogP contribution is -2.04. The predicted octanol–water partition coefficient (Wildman–Crippen LogP) is 12.5. The molecular formula is C48H28N4O. The lowest BCUT2D eigenvalue weighted by Gasteiger charge is -2.15. The number of hydrogen-bond donors (Lipinski definition) is 0. The van der Waals surface area contributed by atoms with E-state index in [1.807, 2.05) is 36.4 Å². The van der Waals surface area contributed by atoms with Crippen LogP contribution < -0.4 is 0 Å². The van der Waals surface area contributed by atoms with E-state index in [4.69, 9.17) is 14.4 Å². The van der Waals surface area contributed by atoms with Crippen LogP contribution in [0, 0.1) is 0 Å². The number of furan rings is 1. The Labute approximate surface area is 302 Å². The molecule has 0 aliphatic heterocycles. The molecule has 0 saturated heterocycles. The van der Waals surface area contributed by atoms with Gasteiger partial charge in [0, 0.05) is 43.3 Å². The fourth-order valence-corrected chi connectivity index (χ4v) is 8.54. The Kier molecular flexibility index (Phi) is 5.71. The molecule has 0 bridgehead atoms. The summed E-state index contributed by atoms with van der Waals surface area (Å²) in [6.07, 6.45) is 0. The van der Waals surface area contributed by atoms with Crippen molar-refractivity contribution >= 4 is 87.4 Å². The van der Waals surface area contributed by atoms with Crippen LogP contribution in [0.2, 0.25) is 0 Å². The van der Waals surface area contributed by atoms with Gasteiger partial charge in [0.15, 0.2) is 5.82 Å². The minimum absolute atomic E-state index is 0.788. The fraction of sp³-hybridized carbons (Fsp3) is 0. The quantitative estimate of drug-likeness (QED) is 0.187. The summed E-state index contributed by atoms with van der Waals surface area (Å²) in [5.41, 5.74) is 10.9. The van der Waals surface area contributed by atoms with Crippen LogP contribution in [0.1, 0.15) is 0 Å². The Morgan fingerprint density at radius 2 is 0.981 bits per heavy atom. The van der Waals surface area contributed by atoms with Crippen LogP contribution >= 0.6 is 0 Å². The van der Waals surface area contributed by atoms with Crippen molar-refractivity contribution in [1.29, 1.82) is 0 Å². The third-order valence-electron chi connectivity index (χ3n) is 10.9. The largest absolute Gasteiger partial charge is 0.456 e. The summed E-state index contributed by atoms with van der Waals surface area (Å²) in [6, 6.07) is 60.1. The van der Waals surface area contributed by atoms with Gasteiger partial charge in [0.2, 0.25) is 0 Å². The average Bonchev–Trinajstić information content (AvgIpc) is 3.86. The third-order valence-corrected chi connectivity index (χ3v) is 10.9. The summed E-state index contributed by atoms with van der Waals surface area (Å²) in [5, 5.41) is 9.32. The molecule has 0 atom stereocenters. The molecule has 0 unspecified atom stereocenters. The monoisotopic (exact) mass is 676 g/mol. The van der Waals surface area contributed by atoms with Gasteiger partial charge >= 0.3 is 0 Å². The first-order valence-electron chi connectivity index (χ1n) is 17.9. The first kappa shape index (κ1) is 28.5. The molecule has 246 valence electrons. The molecule has 5 heteroatoms. The number of para-hydroxylation sites is 6. The van der Waals surface area contributed by atoms with Crippen LogP contribution in [-0.4, -0.2) is 19.1 Å². The Hall–Kier alpha value is -7.24. The third kappa shape index (κ3) is 4.02. The Balaban J connectivity index is 1.20. The van der Waals surface area contributed by atoms with E-state index < -0.39 is 0 Å². The topological polar surface area (TPSA) is 48.8 Å². The van der Waals surface area contributed by atoms with Crippen molar-refractivity contribution in [3.05, 3.63) is 170 Å². The van der Waals surface area contributed by atoms with E-state index >= 15 is 0 Å². The first-order chi connectivity index (χ1) is 26.3. The maximum absolute atomic E-state index is 6.22. The summed E-state index contributed by atoms with van der Waals surface area (Å²) in [7, 11) is 0. The van der Waals surface area contributed by atoms with Gasteiger partial charge in [0.25, 0.3) is 0 Å². The van der Waals surface area contributed by atoms with Crippen LogP contribution in [0.3, 0.4) is 0 Å². The molecule has 0 fully saturated rings. The van der Waals surface area contributed by atoms with E-state index in [2.05, 4.69) is 143 Å². The van der Waals surface area contributed by atoms with Crippen LogP contribution in [0.25, 0.3) is 110 Å². The zero-order chi connectivity index (χ0) is 34.6. The molecule has 12 aromatic rings. The van der Waals surface area contributed by atoms with E-state index in [-0.39, 0.29) is 0 Å². The van der Waals surface area contributed by atoms with Gasteiger partial charge in [-0.05, 0) is 78.2 Å². The van der Waals surface area contributed by atoms with Gasteiger partial charge < -0.3 is 8.98 Å². The SMILES string of the molecule is c1cc(-n2c3ccccc3c3ccccc32)c2cc3c(cc2c1)c1ccccc1n3-c1nc2ccccc2nc1-c1ccc2oc3ccccc3c2c1. The number of rotatable bonds is 3. The standard InChI is InChI=1S/C48H28N4O/c1-7-19-40-31(13-1)32-14-2-8-20-41(32)51(40)43-22-11-12-29-26-36-33-15-3-9-21-42(33)52(44(36)28-35(29)43)48-47(49-38-17-5-6-18-39(38)50-48)30-24-25-46-37(27-30)34-16-4-10-23-45(34)53-46/h1-28H. The number of hydrogen-bond acceptors (Lipinski definition) is 3. The lowest BCUT2D eigenvalue weighted by molar-refractivity contribution is 0.669. The second-order valence-corrected chi connectivity index (χ2v) is 13.8. The smallest absolute Gasteiger partial charge is 0.165 e. The molecule has 0 saturated carbocycles. The highest BCUT2D eigenvalue weighted by atomic mass is 16.3. The molecule has 0 spiro atoms. The second kappa shape index (κ2) is 10.6. The lowest BCUT2D eigenvalue weighted by atomic mass is 10.0. The van der Waals surface area contributed by atoms with Crippen LogP contribution in [0.15, 0.2) is 174 Å². The van der Waals surface area contributed by atoms with Gasteiger partial charge in [-0.2, -0.15) is 0 Å². The highest BCUT2D eigenvalue weighted by Gasteiger charge is 2.22. The van der Waals surface area contributed by atoms with E-state index in [1.54, 1.807) is 0 Å². The molecule has 5 nitrogen and oxygen atoms in total. The van der Waals surface area contributed by atoms with E-state index in [0.717, 1.165) is 72.2 Å². The summed E-state index contributed by atoms with van der Waals surface area (Å²) < 4.78 is 11.0. The van der Waals surface area contributed by atoms with Crippen molar-refractivity contribution in [2.75, 3.05) is 0 Å². The molecule has 8 aromatic carbocycles. The molecule has 0 radical (unpaired) electrons. The number of fused-ring (bicyclic) bond motifs is 11. The molecule has 0 N–H and O–H groups in total. The maximum atomic E-state index is 6.22. The molecule has 0 amide bonds. The van der Waals surface area contributed by atoms with Crippen LogP contribution in [0.5, 0.6) is 0 Å². The Morgan fingerprint density at radius 3 is 1.74 bits per heavy atom. The van der Waals surface area contributed by atoms with Crippen molar-refractivity contribution in [2.45, 2.75) is 0 Å². The average molecular weight is 677 g/mol. The molecule has 0 aliphatic rings. The maximum Gasteiger partial charge on any atom is 0.165 e. The Morgan fingerprint density at radius 1 is 0.377 bits per heavy atom. The normalized spacial score (nSPS) is 12.2. The number of benzene rings is 8. The minimum atomic E-state index is 0.788. The summed E-state index contributed by atoms with van der Waals surface area (Å²) >= 11 is 0. The molecule has 0 aliphatic carbocycles. The fourth-order valence-electron chi connectivity index (χ4n) is 8.54. The van der Waals surface area contributed by atoms with E-state index in [0.29, 0.717) is 0 Å². The summed E-state index contributed by atoms with van der Waals surface area (Å²) in [6.45, 7) is 0. The van der Waals surface area contributed by atoms with Crippen molar-refractivity contribution < 1.29 is 4.42 Å². The van der Waals surface area contributed by atoms with Gasteiger partial charge in [-0.3, -0.25) is 4.57 Å². The van der Waals surface area contributed by atoms with Gasteiger partial charge in [-0.1, -0.05) is 97.1 Å². The summed E-state index contributed by atoms with van der Waals surface area (Å²) in [5.74, 6) is 0.788. The zero-order valence-electron chi connectivity index (χ0n) is 28.4. The molecule has 4 aromatic heterocycles. The van der Waals surface area contributed by atoms with Gasteiger partial charge in [-0.25, -0.2) is 9.97 Å². The van der Waals surface area contributed by atoms with E-state index in [1.165, 1.54) is 38.0 Å². The second-order valence-electron chi connectivity index (χ2n) is 13.8.